The second-order valence-electron chi connectivity index (χ2n) is 7.61. The molecular weight excluding hydrogens is 453 g/mol. The first-order valence-corrected chi connectivity index (χ1v) is 9.90. The first kappa shape index (κ1) is 22.4. The Labute approximate surface area is 180 Å². The van der Waals surface area contributed by atoms with E-state index in [1.54, 1.807) is 0 Å². The van der Waals surface area contributed by atoms with Gasteiger partial charge in [0, 0.05) is 44.7 Å². The van der Waals surface area contributed by atoms with Crippen LogP contribution in [0.5, 0.6) is 0 Å². The predicted octanol–water partition coefficient (Wildman–Crippen LogP) is 3.25. The maximum atomic E-state index is 5.75. The van der Waals surface area contributed by atoms with Gasteiger partial charge in [-0.15, -0.1) is 24.0 Å². The second-order valence-corrected chi connectivity index (χ2v) is 7.61. The van der Waals surface area contributed by atoms with Crippen molar-refractivity contribution in [2.24, 2.45) is 10.9 Å². The molecule has 1 atom stereocenters. The highest BCUT2D eigenvalue weighted by Crippen LogP contribution is 2.48. The molecule has 0 amide bonds. The molecule has 0 spiro atoms. The van der Waals surface area contributed by atoms with Crippen molar-refractivity contribution in [3.05, 3.63) is 35.4 Å². The second kappa shape index (κ2) is 11.2. The van der Waals surface area contributed by atoms with Crippen molar-refractivity contribution in [2.45, 2.75) is 38.0 Å². The van der Waals surface area contributed by atoms with Gasteiger partial charge in [-0.2, -0.15) is 0 Å². The van der Waals surface area contributed by atoms with E-state index in [9.17, 15) is 0 Å². The molecule has 6 heteroatoms. The average Bonchev–Trinajstić information content (AvgIpc) is 3.26. The summed E-state index contributed by atoms with van der Waals surface area (Å²) < 4.78 is 11.1. The van der Waals surface area contributed by atoms with Crippen LogP contribution in [0.4, 0.5) is 0 Å². The molecule has 27 heavy (non-hydrogen) atoms. The summed E-state index contributed by atoms with van der Waals surface area (Å²) in [5, 5.41) is 6.91. The zero-order chi connectivity index (χ0) is 18.2. The third kappa shape index (κ3) is 6.61. The summed E-state index contributed by atoms with van der Waals surface area (Å²) in [6.45, 7) is 7.38. The first-order valence-electron chi connectivity index (χ1n) is 9.90. The Kier molecular flexibility index (Phi) is 9.32. The van der Waals surface area contributed by atoms with Crippen molar-refractivity contribution in [3.8, 4) is 0 Å². The first-order chi connectivity index (χ1) is 12.7. The molecule has 0 aromatic heterocycles. The molecule has 2 N–H and O–H groups in total. The predicted molar refractivity (Wildman–Crippen MR) is 121 cm³/mol. The lowest BCUT2D eigenvalue weighted by atomic mass is 9.92. The summed E-state index contributed by atoms with van der Waals surface area (Å²) in [5.41, 5.74) is 3.15. The molecule has 1 saturated heterocycles. The van der Waals surface area contributed by atoms with Crippen molar-refractivity contribution in [2.75, 3.05) is 46.6 Å². The number of rotatable bonds is 9. The maximum Gasteiger partial charge on any atom is 0.191 e. The molecule has 1 heterocycles. The Balaban J connectivity index is 0.00000261. The van der Waals surface area contributed by atoms with Gasteiger partial charge in [-0.3, -0.25) is 4.99 Å². The molecule has 0 radical (unpaired) electrons. The van der Waals surface area contributed by atoms with Crippen molar-refractivity contribution < 1.29 is 9.47 Å². The number of benzene rings is 1. The minimum atomic E-state index is 0. The van der Waals surface area contributed by atoms with Gasteiger partial charge in [0.05, 0.1) is 13.2 Å². The summed E-state index contributed by atoms with van der Waals surface area (Å²) in [4.78, 5) is 4.35. The Bertz CT molecular complexity index is 599. The molecule has 3 rings (SSSR count). The number of hydrogen-bond donors (Lipinski definition) is 2. The molecule has 1 unspecified atom stereocenters. The van der Waals surface area contributed by atoms with Gasteiger partial charge in [-0.1, -0.05) is 24.3 Å². The number of nitrogens with zero attached hydrogens (tertiary/aromatic N) is 1. The normalized spacial score (nSPS) is 20.8. The molecule has 152 valence electrons. The summed E-state index contributed by atoms with van der Waals surface area (Å²) >= 11 is 0. The van der Waals surface area contributed by atoms with Crippen LogP contribution in [0.1, 0.15) is 36.8 Å². The van der Waals surface area contributed by atoms with Crippen LogP contribution in [-0.2, 0) is 14.9 Å². The largest absolute Gasteiger partial charge is 0.381 e. The topological polar surface area (TPSA) is 54.9 Å². The van der Waals surface area contributed by atoms with E-state index in [0.29, 0.717) is 5.92 Å². The fourth-order valence-electron chi connectivity index (χ4n) is 3.68. The van der Waals surface area contributed by atoms with E-state index in [-0.39, 0.29) is 29.4 Å². The highest BCUT2D eigenvalue weighted by molar-refractivity contribution is 14.0. The van der Waals surface area contributed by atoms with Gasteiger partial charge in [0.15, 0.2) is 5.96 Å². The zero-order valence-corrected chi connectivity index (χ0v) is 19.0. The zero-order valence-electron chi connectivity index (χ0n) is 16.6. The van der Waals surface area contributed by atoms with Crippen LogP contribution < -0.4 is 10.6 Å². The molecule has 0 bridgehead atoms. The minimum absolute atomic E-state index is 0. The number of guanidine groups is 1. The van der Waals surface area contributed by atoms with Crippen LogP contribution in [0.25, 0.3) is 0 Å². The number of aliphatic imine (C=N–C) groups is 1. The van der Waals surface area contributed by atoms with Crippen molar-refractivity contribution in [3.63, 3.8) is 0 Å². The molecule has 1 aromatic rings. The van der Waals surface area contributed by atoms with E-state index in [0.717, 1.165) is 58.3 Å². The summed E-state index contributed by atoms with van der Waals surface area (Å²) in [6, 6.07) is 8.74. The molecule has 2 fully saturated rings. The SMILES string of the molecule is CN=C(NCCCOCC1CCOC1)NCC1(c2ccccc2C)CC1.I. The van der Waals surface area contributed by atoms with E-state index >= 15 is 0 Å². The lowest BCUT2D eigenvalue weighted by molar-refractivity contribution is 0.0888. The number of nitrogens with one attached hydrogen (secondary N) is 2. The smallest absolute Gasteiger partial charge is 0.191 e. The van der Waals surface area contributed by atoms with Crippen molar-refractivity contribution in [1.82, 2.24) is 10.6 Å². The number of ether oxygens (including phenoxy) is 2. The van der Waals surface area contributed by atoms with Crippen LogP contribution in [0.15, 0.2) is 29.3 Å². The maximum absolute atomic E-state index is 5.75. The van der Waals surface area contributed by atoms with Gasteiger partial charge >= 0.3 is 0 Å². The Morgan fingerprint density at radius 2 is 2.11 bits per heavy atom. The Hall–Kier alpha value is -0.860. The van der Waals surface area contributed by atoms with E-state index in [1.165, 1.54) is 24.0 Å². The molecular formula is C21H34IN3O2. The number of aryl methyl sites for hydroxylation is 1. The number of hydrogen-bond acceptors (Lipinski definition) is 3. The van der Waals surface area contributed by atoms with E-state index in [1.807, 2.05) is 7.05 Å². The van der Waals surface area contributed by atoms with Gasteiger partial charge in [0.1, 0.15) is 0 Å². The van der Waals surface area contributed by atoms with Gasteiger partial charge < -0.3 is 20.1 Å². The summed E-state index contributed by atoms with van der Waals surface area (Å²) in [5.74, 6) is 1.47. The van der Waals surface area contributed by atoms with E-state index in [4.69, 9.17) is 9.47 Å². The van der Waals surface area contributed by atoms with Crippen LogP contribution in [0, 0.1) is 12.8 Å². The summed E-state index contributed by atoms with van der Waals surface area (Å²) in [6.07, 6.45) is 4.62. The van der Waals surface area contributed by atoms with Crippen LogP contribution >= 0.6 is 24.0 Å². The average molecular weight is 487 g/mol. The van der Waals surface area contributed by atoms with Crippen LogP contribution in [0.2, 0.25) is 0 Å². The standard InChI is InChI=1S/C21H33N3O2.HI/c1-17-6-3-4-7-19(17)21(9-10-21)16-24-20(22-2)23-11-5-12-25-14-18-8-13-26-15-18;/h3-4,6-7,18H,5,8-16H2,1-2H3,(H2,22,23,24);1H. The highest BCUT2D eigenvalue weighted by Gasteiger charge is 2.44. The minimum Gasteiger partial charge on any atom is -0.381 e. The van der Waals surface area contributed by atoms with Crippen LogP contribution in [-0.4, -0.2) is 52.5 Å². The molecule has 5 nitrogen and oxygen atoms in total. The van der Waals surface area contributed by atoms with Crippen molar-refractivity contribution >= 4 is 29.9 Å². The molecule has 1 aromatic carbocycles. The van der Waals surface area contributed by atoms with E-state index in [2.05, 4.69) is 46.8 Å². The van der Waals surface area contributed by atoms with Gasteiger partial charge in [-0.25, -0.2) is 0 Å². The molecule has 1 aliphatic carbocycles. The van der Waals surface area contributed by atoms with Gasteiger partial charge in [0.25, 0.3) is 0 Å². The molecule has 2 aliphatic rings. The number of halogens is 1. The van der Waals surface area contributed by atoms with Crippen molar-refractivity contribution in [1.29, 1.82) is 0 Å². The molecule has 1 saturated carbocycles. The van der Waals surface area contributed by atoms with E-state index < -0.39 is 0 Å². The highest BCUT2D eigenvalue weighted by atomic mass is 127. The molecule has 1 aliphatic heterocycles. The third-order valence-corrected chi connectivity index (χ3v) is 5.52. The lowest BCUT2D eigenvalue weighted by Gasteiger charge is -2.20. The van der Waals surface area contributed by atoms with Crippen LogP contribution in [0.3, 0.4) is 0 Å². The fraction of sp³-hybridized carbons (Fsp3) is 0.667. The Morgan fingerprint density at radius 3 is 2.78 bits per heavy atom. The fourth-order valence-corrected chi connectivity index (χ4v) is 3.68. The monoisotopic (exact) mass is 487 g/mol. The summed E-state index contributed by atoms with van der Waals surface area (Å²) in [7, 11) is 1.83. The quantitative estimate of drug-likeness (QED) is 0.243. The Morgan fingerprint density at radius 1 is 1.30 bits per heavy atom. The lowest BCUT2D eigenvalue weighted by Crippen LogP contribution is -2.41. The third-order valence-electron chi connectivity index (χ3n) is 5.52. The van der Waals surface area contributed by atoms with Gasteiger partial charge in [-0.05, 0) is 43.7 Å². The van der Waals surface area contributed by atoms with Gasteiger partial charge in [0.2, 0.25) is 0 Å².